The van der Waals surface area contributed by atoms with Crippen LogP contribution in [0.1, 0.15) is 10.5 Å². The molecule has 0 fully saturated rings. The van der Waals surface area contributed by atoms with Crippen LogP contribution in [-0.2, 0) is 0 Å². The highest BCUT2D eigenvalue weighted by atomic mass is 19.1. The van der Waals surface area contributed by atoms with Gasteiger partial charge in [0, 0.05) is 30.7 Å². The predicted octanol–water partition coefficient (Wildman–Crippen LogP) is 3.03. The van der Waals surface area contributed by atoms with Crippen molar-refractivity contribution in [3.05, 3.63) is 72.8 Å². The van der Waals surface area contributed by atoms with Gasteiger partial charge in [0.15, 0.2) is 0 Å². The minimum atomic E-state index is -0.507. The number of pyridine rings is 1. The fourth-order valence-electron chi connectivity index (χ4n) is 2.13. The average Bonchev–Trinajstić information content (AvgIpc) is 2.62. The van der Waals surface area contributed by atoms with Crippen LogP contribution in [0.3, 0.4) is 0 Å². The lowest BCUT2D eigenvalue weighted by Crippen LogP contribution is -2.15. The van der Waals surface area contributed by atoms with Gasteiger partial charge < -0.3 is 10.2 Å². The van der Waals surface area contributed by atoms with Crippen molar-refractivity contribution in [2.75, 3.05) is 17.3 Å². The molecule has 120 valence electrons. The molecule has 0 radical (unpaired) electrons. The van der Waals surface area contributed by atoms with Crippen LogP contribution in [-0.4, -0.2) is 27.9 Å². The summed E-state index contributed by atoms with van der Waals surface area (Å²) in [4.78, 5) is 25.9. The average molecular weight is 323 g/mol. The van der Waals surface area contributed by atoms with Crippen molar-refractivity contribution >= 4 is 23.0 Å². The predicted molar refractivity (Wildman–Crippen MR) is 88.7 cm³/mol. The quantitative estimate of drug-likeness (QED) is 0.799. The van der Waals surface area contributed by atoms with Gasteiger partial charge in [-0.05, 0) is 24.3 Å². The Labute approximate surface area is 138 Å². The highest BCUT2D eigenvalue weighted by Crippen LogP contribution is 2.24. The molecule has 2 aromatic heterocycles. The highest BCUT2D eigenvalue weighted by Gasteiger charge is 2.10. The van der Waals surface area contributed by atoms with E-state index in [1.54, 1.807) is 24.5 Å². The molecule has 6 nitrogen and oxygen atoms in total. The molecule has 0 saturated carbocycles. The fraction of sp³-hybridized carbons (Fsp3) is 0.0588. The van der Waals surface area contributed by atoms with Crippen molar-refractivity contribution in [1.82, 2.24) is 15.0 Å². The summed E-state index contributed by atoms with van der Waals surface area (Å²) in [7, 11) is 1.87. The van der Waals surface area contributed by atoms with Crippen molar-refractivity contribution in [3.63, 3.8) is 0 Å². The Bertz CT molecular complexity index is 856. The molecule has 1 N–H and O–H groups in total. The first-order chi connectivity index (χ1) is 11.6. The van der Waals surface area contributed by atoms with Gasteiger partial charge in [-0.2, -0.15) is 0 Å². The lowest BCUT2D eigenvalue weighted by molar-refractivity contribution is 0.102. The number of anilines is 3. The first-order valence-corrected chi connectivity index (χ1v) is 7.15. The SMILES string of the molecule is CN(c1cncnc1)c1cccc(NC(=O)c2cc(F)ccn2)c1. The number of nitrogens with zero attached hydrogens (tertiary/aromatic N) is 4. The van der Waals surface area contributed by atoms with Crippen molar-refractivity contribution < 1.29 is 9.18 Å². The summed E-state index contributed by atoms with van der Waals surface area (Å²) in [5.74, 6) is -0.981. The van der Waals surface area contributed by atoms with Gasteiger partial charge in [-0.15, -0.1) is 0 Å². The number of carbonyl (C=O) groups excluding carboxylic acids is 1. The molecule has 0 aliphatic heterocycles. The molecule has 0 bridgehead atoms. The van der Waals surface area contributed by atoms with Crippen molar-refractivity contribution in [1.29, 1.82) is 0 Å². The third-order valence-corrected chi connectivity index (χ3v) is 3.38. The van der Waals surface area contributed by atoms with E-state index >= 15 is 0 Å². The second kappa shape index (κ2) is 6.82. The van der Waals surface area contributed by atoms with Crippen LogP contribution in [0.5, 0.6) is 0 Å². The maximum Gasteiger partial charge on any atom is 0.274 e. The molecule has 2 heterocycles. The summed E-state index contributed by atoms with van der Waals surface area (Å²) in [6.45, 7) is 0. The van der Waals surface area contributed by atoms with Crippen molar-refractivity contribution in [2.45, 2.75) is 0 Å². The fourth-order valence-corrected chi connectivity index (χ4v) is 2.13. The lowest BCUT2D eigenvalue weighted by Gasteiger charge is -2.19. The number of hydrogen-bond donors (Lipinski definition) is 1. The normalized spacial score (nSPS) is 10.2. The second-order valence-corrected chi connectivity index (χ2v) is 5.02. The monoisotopic (exact) mass is 323 g/mol. The number of amides is 1. The van der Waals surface area contributed by atoms with E-state index in [1.807, 2.05) is 24.1 Å². The topological polar surface area (TPSA) is 71.0 Å². The first kappa shape index (κ1) is 15.5. The Kier molecular flexibility index (Phi) is 4.42. The van der Waals surface area contributed by atoms with Crippen molar-refractivity contribution in [2.24, 2.45) is 0 Å². The molecule has 7 heteroatoms. The van der Waals surface area contributed by atoms with E-state index in [1.165, 1.54) is 18.6 Å². The molecule has 0 spiro atoms. The Morgan fingerprint density at radius 2 is 1.92 bits per heavy atom. The minimum Gasteiger partial charge on any atom is -0.342 e. The molecule has 1 aromatic carbocycles. The Balaban J connectivity index is 1.79. The van der Waals surface area contributed by atoms with Crippen LogP contribution in [0.15, 0.2) is 61.3 Å². The van der Waals surface area contributed by atoms with Gasteiger partial charge in [0.25, 0.3) is 5.91 Å². The van der Waals surface area contributed by atoms with Crippen LogP contribution in [0.4, 0.5) is 21.5 Å². The van der Waals surface area contributed by atoms with Gasteiger partial charge in [-0.25, -0.2) is 14.4 Å². The number of nitrogens with one attached hydrogen (secondary N) is 1. The molecule has 0 unspecified atom stereocenters. The summed E-state index contributed by atoms with van der Waals surface area (Å²) < 4.78 is 13.2. The molecular weight excluding hydrogens is 309 g/mol. The smallest absolute Gasteiger partial charge is 0.274 e. The van der Waals surface area contributed by atoms with E-state index in [2.05, 4.69) is 20.3 Å². The van der Waals surface area contributed by atoms with Gasteiger partial charge in [-0.3, -0.25) is 9.78 Å². The number of carbonyl (C=O) groups is 1. The summed E-state index contributed by atoms with van der Waals surface area (Å²) in [5, 5.41) is 2.71. The second-order valence-electron chi connectivity index (χ2n) is 5.02. The van der Waals surface area contributed by atoms with Gasteiger partial charge in [0.1, 0.15) is 17.8 Å². The Morgan fingerprint density at radius 3 is 2.67 bits per heavy atom. The third kappa shape index (κ3) is 3.52. The Hall–Kier alpha value is -3.35. The third-order valence-electron chi connectivity index (χ3n) is 3.38. The van der Waals surface area contributed by atoms with E-state index in [0.717, 1.165) is 17.4 Å². The maximum absolute atomic E-state index is 13.2. The number of hydrogen-bond acceptors (Lipinski definition) is 5. The molecule has 24 heavy (non-hydrogen) atoms. The van der Waals surface area contributed by atoms with Crippen LogP contribution < -0.4 is 10.2 Å². The highest BCUT2D eigenvalue weighted by molar-refractivity contribution is 6.03. The van der Waals surface area contributed by atoms with Crippen molar-refractivity contribution in [3.8, 4) is 0 Å². The number of benzene rings is 1. The molecule has 0 aliphatic rings. The molecule has 0 saturated heterocycles. The van der Waals surface area contributed by atoms with Crippen LogP contribution in [0.25, 0.3) is 0 Å². The van der Waals surface area contributed by atoms with Gasteiger partial charge in [0.05, 0.1) is 18.1 Å². The minimum absolute atomic E-state index is 0.0187. The van der Waals surface area contributed by atoms with Crippen LogP contribution >= 0.6 is 0 Å². The molecule has 3 aromatic rings. The van der Waals surface area contributed by atoms with Gasteiger partial charge in [0.2, 0.25) is 0 Å². The molecule has 3 rings (SSSR count). The summed E-state index contributed by atoms with van der Waals surface area (Å²) in [6.07, 6.45) is 6.09. The zero-order valence-corrected chi connectivity index (χ0v) is 12.8. The Morgan fingerprint density at radius 1 is 1.12 bits per heavy atom. The largest absolute Gasteiger partial charge is 0.342 e. The molecule has 1 amide bonds. The van der Waals surface area contributed by atoms with E-state index < -0.39 is 11.7 Å². The molecule has 0 aliphatic carbocycles. The van der Waals surface area contributed by atoms with Gasteiger partial charge >= 0.3 is 0 Å². The standard InChI is InChI=1S/C17H14FN5O/c1-23(15-9-19-11-20-10-15)14-4-2-3-13(8-14)22-17(24)16-7-12(18)5-6-21-16/h2-11H,1H3,(H,22,24). The number of rotatable bonds is 4. The zero-order chi connectivity index (χ0) is 16.9. The van der Waals surface area contributed by atoms with Gasteiger partial charge in [-0.1, -0.05) is 6.07 Å². The maximum atomic E-state index is 13.2. The van der Waals surface area contributed by atoms with E-state index in [9.17, 15) is 9.18 Å². The lowest BCUT2D eigenvalue weighted by atomic mass is 10.2. The molecular formula is C17H14FN5O. The summed E-state index contributed by atoms with van der Waals surface area (Å²) in [6, 6.07) is 9.52. The van der Waals surface area contributed by atoms with Crippen LogP contribution in [0, 0.1) is 5.82 Å². The zero-order valence-electron chi connectivity index (χ0n) is 12.8. The van der Waals surface area contributed by atoms with E-state index in [4.69, 9.17) is 0 Å². The first-order valence-electron chi connectivity index (χ1n) is 7.15. The number of aromatic nitrogens is 3. The summed E-state index contributed by atoms with van der Waals surface area (Å²) in [5.41, 5.74) is 2.25. The van der Waals surface area contributed by atoms with E-state index in [0.29, 0.717) is 5.69 Å². The molecule has 0 atom stereocenters. The van der Waals surface area contributed by atoms with E-state index in [-0.39, 0.29) is 5.69 Å². The van der Waals surface area contributed by atoms with Crippen LogP contribution in [0.2, 0.25) is 0 Å². The number of halogens is 1. The summed E-state index contributed by atoms with van der Waals surface area (Å²) >= 11 is 0.